The molecule has 21 heavy (non-hydrogen) atoms. The fourth-order valence-electron chi connectivity index (χ4n) is 2.06. The van der Waals surface area contributed by atoms with Crippen LogP contribution < -0.4 is 4.74 Å². The van der Waals surface area contributed by atoms with Crippen molar-refractivity contribution in [2.24, 2.45) is 0 Å². The van der Waals surface area contributed by atoms with Gasteiger partial charge in [-0.25, -0.2) is 4.98 Å². The third kappa shape index (κ3) is 3.09. The summed E-state index contributed by atoms with van der Waals surface area (Å²) in [6.07, 6.45) is 0.828. The van der Waals surface area contributed by atoms with E-state index in [0.717, 1.165) is 35.0 Å². The quantitative estimate of drug-likeness (QED) is 0.729. The van der Waals surface area contributed by atoms with Crippen LogP contribution in [0.3, 0.4) is 0 Å². The first kappa shape index (κ1) is 13.7. The van der Waals surface area contributed by atoms with Crippen LogP contribution in [0.5, 0.6) is 11.5 Å². The van der Waals surface area contributed by atoms with Crippen molar-refractivity contribution in [3.8, 4) is 22.8 Å². The number of hydrogen-bond donors (Lipinski definition) is 1. The van der Waals surface area contributed by atoms with Crippen LogP contribution in [0, 0.1) is 0 Å². The number of nitrogens with zero attached hydrogens (tertiary/aromatic N) is 1. The van der Waals surface area contributed by atoms with Gasteiger partial charge in [0.15, 0.2) is 0 Å². The normalized spacial score (nSPS) is 10.6. The van der Waals surface area contributed by atoms with Gasteiger partial charge in [0, 0.05) is 12.0 Å². The van der Waals surface area contributed by atoms with E-state index in [2.05, 4.69) is 9.97 Å². The maximum atomic E-state index is 6.18. The van der Waals surface area contributed by atoms with Gasteiger partial charge in [-0.05, 0) is 36.4 Å². The number of para-hydroxylation sites is 1. The Labute approximate surface area is 128 Å². The first-order valence-corrected chi connectivity index (χ1v) is 7.22. The Balaban J connectivity index is 1.82. The molecule has 0 saturated heterocycles. The molecule has 0 bridgehead atoms. The molecule has 0 atom stereocenters. The molecule has 3 aromatic rings. The van der Waals surface area contributed by atoms with Gasteiger partial charge in [-0.2, -0.15) is 0 Å². The van der Waals surface area contributed by atoms with Crippen molar-refractivity contribution in [1.82, 2.24) is 9.97 Å². The van der Waals surface area contributed by atoms with Crippen molar-refractivity contribution >= 4 is 11.6 Å². The van der Waals surface area contributed by atoms with Gasteiger partial charge < -0.3 is 9.72 Å². The fraction of sp³-hybridized carbons (Fsp3) is 0.118. The monoisotopic (exact) mass is 298 g/mol. The van der Waals surface area contributed by atoms with Gasteiger partial charge in [0.2, 0.25) is 0 Å². The van der Waals surface area contributed by atoms with Crippen LogP contribution in [-0.2, 0) is 6.42 Å². The Hall–Kier alpha value is -2.26. The molecule has 0 saturated carbocycles. The Morgan fingerprint density at radius 3 is 2.29 bits per heavy atom. The van der Waals surface area contributed by atoms with Crippen LogP contribution in [0.4, 0.5) is 0 Å². The number of aromatic amines is 1. The highest BCUT2D eigenvalue weighted by molar-refractivity contribution is 6.31. The molecule has 0 amide bonds. The van der Waals surface area contributed by atoms with Gasteiger partial charge in [-0.15, -0.1) is 0 Å². The molecule has 3 rings (SSSR count). The maximum absolute atomic E-state index is 6.18. The lowest BCUT2D eigenvalue weighted by Crippen LogP contribution is -1.85. The summed E-state index contributed by atoms with van der Waals surface area (Å²) in [6, 6.07) is 17.4. The highest BCUT2D eigenvalue weighted by Gasteiger charge is 2.09. The zero-order valence-corrected chi connectivity index (χ0v) is 12.4. The molecule has 2 aromatic carbocycles. The van der Waals surface area contributed by atoms with E-state index in [1.807, 2.05) is 61.5 Å². The third-order valence-electron chi connectivity index (χ3n) is 3.15. The van der Waals surface area contributed by atoms with Crippen molar-refractivity contribution < 1.29 is 4.74 Å². The predicted octanol–water partition coefficient (Wildman–Crippen LogP) is 5.08. The summed E-state index contributed by atoms with van der Waals surface area (Å²) in [6.45, 7) is 2.04. The molecule has 0 aliphatic heterocycles. The number of imidazole rings is 1. The van der Waals surface area contributed by atoms with Crippen LogP contribution in [-0.4, -0.2) is 9.97 Å². The minimum Gasteiger partial charge on any atom is -0.457 e. The van der Waals surface area contributed by atoms with Gasteiger partial charge >= 0.3 is 0 Å². The fourth-order valence-corrected chi connectivity index (χ4v) is 2.32. The van der Waals surface area contributed by atoms with Crippen molar-refractivity contribution in [1.29, 1.82) is 0 Å². The van der Waals surface area contributed by atoms with Gasteiger partial charge in [-0.3, -0.25) is 0 Å². The third-order valence-corrected chi connectivity index (χ3v) is 3.42. The molecule has 0 radical (unpaired) electrons. The van der Waals surface area contributed by atoms with Gasteiger partial charge in [0.05, 0.1) is 0 Å². The number of aromatic nitrogens is 2. The van der Waals surface area contributed by atoms with E-state index in [1.54, 1.807) is 0 Å². The number of ether oxygens (including phenoxy) is 1. The summed E-state index contributed by atoms with van der Waals surface area (Å²) in [5.41, 5.74) is 1.75. The largest absolute Gasteiger partial charge is 0.457 e. The Morgan fingerprint density at radius 1 is 1.00 bits per heavy atom. The minimum absolute atomic E-state index is 0.573. The smallest absolute Gasteiger partial charge is 0.134 e. The first-order chi connectivity index (χ1) is 10.3. The topological polar surface area (TPSA) is 37.9 Å². The van der Waals surface area contributed by atoms with E-state index >= 15 is 0 Å². The lowest BCUT2D eigenvalue weighted by molar-refractivity contribution is 0.483. The zero-order valence-electron chi connectivity index (χ0n) is 11.6. The molecule has 1 aromatic heterocycles. The Morgan fingerprint density at radius 2 is 1.67 bits per heavy atom. The van der Waals surface area contributed by atoms with Crippen molar-refractivity contribution in [3.63, 3.8) is 0 Å². The van der Waals surface area contributed by atoms with Crippen LogP contribution >= 0.6 is 11.6 Å². The van der Waals surface area contributed by atoms with Gasteiger partial charge in [0.1, 0.15) is 28.2 Å². The van der Waals surface area contributed by atoms with Crippen molar-refractivity contribution in [2.45, 2.75) is 13.3 Å². The van der Waals surface area contributed by atoms with E-state index < -0.39 is 0 Å². The number of H-pyrrole nitrogens is 1. The van der Waals surface area contributed by atoms with Crippen molar-refractivity contribution in [3.05, 3.63) is 65.6 Å². The minimum atomic E-state index is 0.573. The first-order valence-electron chi connectivity index (χ1n) is 6.84. The molecule has 0 aliphatic carbocycles. The molecule has 0 spiro atoms. The number of rotatable bonds is 4. The maximum Gasteiger partial charge on any atom is 0.134 e. The van der Waals surface area contributed by atoms with E-state index in [-0.39, 0.29) is 0 Å². The summed E-state index contributed by atoms with van der Waals surface area (Å²) in [5, 5.41) is 0.573. The van der Waals surface area contributed by atoms with Crippen LogP contribution in [0.1, 0.15) is 12.7 Å². The lowest BCUT2D eigenvalue weighted by atomic mass is 10.1. The van der Waals surface area contributed by atoms with E-state index in [1.165, 1.54) is 0 Å². The van der Waals surface area contributed by atoms with Crippen LogP contribution in [0.15, 0.2) is 54.6 Å². The van der Waals surface area contributed by atoms with Gasteiger partial charge in [-0.1, -0.05) is 36.7 Å². The number of benzene rings is 2. The lowest BCUT2D eigenvalue weighted by Gasteiger charge is -2.06. The summed E-state index contributed by atoms with van der Waals surface area (Å²) in [7, 11) is 0. The SMILES string of the molecule is CCc1nc(-c2ccc(Oc3ccccc3)cc2)c(Cl)[nH]1. The molecule has 1 N–H and O–H groups in total. The standard InChI is InChI=1S/C17H15ClN2O/c1-2-15-19-16(17(18)20-15)12-8-10-14(11-9-12)21-13-6-4-3-5-7-13/h3-11H,2H2,1H3,(H,19,20). The van der Waals surface area contributed by atoms with Crippen molar-refractivity contribution in [2.75, 3.05) is 0 Å². The molecule has 0 aliphatic rings. The molecule has 0 fully saturated rings. The Kier molecular flexibility index (Phi) is 3.93. The van der Waals surface area contributed by atoms with E-state index in [4.69, 9.17) is 16.3 Å². The average molecular weight is 299 g/mol. The second kappa shape index (κ2) is 6.02. The average Bonchev–Trinajstić information content (AvgIpc) is 2.90. The molecular formula is C17H15ClN2O. The number of aryl methyl sites for hydroxylation is 1. The Bertz CT molecular complexity index is 720. The van der Waals surface area contributed by atoms with E-state index in [0.29, 0.717) is 5.15 Å². The second-order valence-electron chi connectivity index (χ2n) is 4.64. The second-order valence-corrected chi connectivity index (χ2v) is 5.02. The van der Waals surface area contributed by atoms with Crippen LogP contribution in [0.25, 0.3) is 11.3 Å². The predicted molar refractivity (Wildman–Crippen MR) is 84.9 cm³/mol. The highest BCUT2D eigenvalue weighted by atomic mass is 35.5. The molecular weight excluding hydrogens is 284 g/mol. The summed E-state index contributed by atoms with van der Waals surface area (Å²) in [4.78, 5) is 7.55. The van der Waals surface area contributed by atoms with Crippen LogP contribution in [0.2, 0.25) is 5.15 Å². The molecule has 1 heterocycles. The molecule has 106 valence electrons. The zero-order chi connectivity index (χ0) is 14.7. The summed E-state index contributed by atoms with van der Waals surface area (Å²) >= 11 is 6.18. The summed E-state index contributed by atoms with van der Waals surface area (Å²) < 4.78 is 5.76. The number of hydrogen-bond acceptors (Lipinski definition) is 2. The van der Waals surface area contributed by atoms with E-state index in [9.17, 15) is 0 Å². The molecule has 3 nitrogen and oxygen atoms in total. The number of nitrogens with one attached hydrogen (secondary N) is 1. The summed E-state index contributed by atoms with van der Waals surface area (Å²) in [5.74, 6) is 2.49. The number of halogens is 1. The molecule has 4 heteroatoms. The molecule has 0 unspecified atom stereocenters. The highest BCUT2D eigenvalue weighted by Crippen LogP contribution is 2.28. The van der Waals surface area contributed by atoms with Gasteiger partial charge in [0.25, 0.3) is 0 Å².